The van der Waals surface area contributed by atoms with Crippen molar-refractivity contribution < 1.29 is 19.1 Å². The number of nitrogens with one attached hydrogen (secondary N) is 1. The van der Waals surface area contributed by atoms with E-state index in [0.29, 0.717) is 28.0 Å². The molecule has 0 aliphatic carbocycles. The number of benzene rings is 1. The van der Waals surface area contributed by atoms with E-state index in [1.165, 1.54) is 30.9 Å². The third-order valence-electron chi connectivity index (χ3n) is 2.89. The molecule has 0 spiro atoms. The zero-order valence-electron chi connectivity index (χ0n) is 11.9. The van der Waals surface area contributed by atoms with Crippen LogP contribution in [0.2, 0.25) is 0 Å². The van der Waals surface area contributed by atoms with Gasteiger partial charge >= 0.3 is 0 Å². The van der Waals surface area contributed by atoms with Crippen LogP contribution in [-0.4, -0.2) is 48.9 Å². The molecule has 1 heterocycles. The molecule has 0 unspecified atom stereocenters. The molecular weight excluding hydrogens is 294 g/mol. The number of hydrogen-bond acceptors (Lipinski definition) is 6. The maximum atomic E-state index is 12.1. The molecule has 0 atom stereocenters. The van der Waals surface area contributed by atoms with Crippen molar-refractivity contribution in [2.45, 2.75) is 0 Å². The first kappa shape index (κ1) is 15.2. The van der Waals surface area contributed by atoms with Gasteiger partial charge in [0.1, 0.15) is 11.5 Å². The molecule has 112 valence electrons. The Morgan fingerprint density at radius 1 is 1.38 bits per heavy atom. The van der Waals surface area contributed by atoms with Crippen LogP contribution < -0.4 is 14.9 Å². The fourth-order valence-corrected chi connectivity index (χ4v) is 2.53. The topological polar surface area (TPSA) is 80.2 Å². The summed E-state index contributed by atoms with van der Waals surface area (Å²) in [5.74, 6) is 0.837. The van der Waals surface area contributed by atoms with E-state index in [9.17, 15) is 9.59 Å². The van der Waals surface area contributed by atoms with Gasteiger partial charge in [-0.2, -0.15) is 0 Å². The number of methoxy groups -OCH3 is 2. The highest BCUT2D eigenvalue weighted by molar-refractivity contribution is 8.15. The molecule has 0 aromatic heterocycles. The molecule has 2 amide bonds. The average Bonchev–Trinajstić information content (AvgIpc) is 2.83. The van der Waals surface area contributed by atoms with E-state index in [0.717, 1.165) is 0 Å². The van der Waals surface area contributed by atoms with Crippen LogP contribution >= 0.6 is 11.8 Å². The van der Waals surface area contributed by atoms with E-state index in [-0.39, 0.29) is 5.91 Å². The lowest BCUT2D eigenvalue weighted by Crippen LogP contribution is -2.28. The summed E-state index contributed by atoms with van der Waals surface area (Å²) >= 11 is 1.27. The van der Waals surface area contributed by atoms with Gasteiger partial charge in [-0.15, -0.1) is 5.10 Å². The summed E-state index contributed by atoms with van der Waals surface area (Å²) in [4.78, 5) is 24.9. The Morgan fingerprint density at radius 3 is 2.71 bits per heavy atom. The second-order valence-electron chi connectivity index (χ2n) is 4.14. The van der Waals surface area contributed by atoms with Crippen molar-refractivity contribution in [3.8, 4) is 11.5 Å². The number of amides is 2. The summed E-state index contributed by atoms with van der Waals surface area (Å²) in [5, 5.41) is 4.41. The van der Waals surface area contributed by atoms with Crippen LogP contribution in [0.15, 0.2) is 23.3 Å². The molecule has 1 aromatic carbocycles. The Balaban J connectivity index is 2.14. The molecular formula is C13H15N3O4S. The number of carbonyl (C=O) groups excluding carboxylic acids is 2. The van der Waals surface area contributed by atoms with Gasteiger partial charge < -0.3 is 9.47 Å². The van der Waals surface area contributed by atoms with Crippen molar-refractivity contribution in [1.29, 1.82) is 0 Å². The molecule has 2 rings (SSSR count). The number of hydrazone groups is 1. The van der Waals surface area contributed by atoms with Crippen molar-refractivity contribution in [2.24, 2.45) is 5.10 Å². The Labute approximate surface area is 126 Å². The molecule has 1 fully saturated rings. The molecule has 8 heteroatoms. The van der Waals surface area contributed by atoms with Crippen LogP contribution in [0.4, 0.5) is 0 Å². The third kappa shape index (κ3) is 3.27. The lowest BCUT2D eigenvalue weighted by Gasteiger charge is -2.10. The minimum Gasteiger partial charge on any atom is -0.497 e. The normalized spacial score (nSPS) is 16.2. The number of hydrogen-bond donors (Lipinski definition) is 1. The molecule has 1 aliphatic rings. The van der Waals surface area contributed by atoms with E-state index in [2.05, 4.69) is 10.5 Å². The lowest BCUT2D eigenvalue weighted by molar-refractivity contribution is -0.123. The fourth-order valence-electron chi connectivity index (χ4n) is 1.68. The molecule has 0 saturated carbocycles. The zero-order chi connectivity index (χ0) is 15.4. The predicted octanol–water partition coefficient (Wildman–Crippen LogP) is 0.910. The summed E-state index contributed by atoms with van der Waals surface area (Å²) in [6.45, 7) is 0. The van der Waals surface area contributed by atoms with Gasteiger partial charge in [-0.25, -0.2) is 5.43 Å². The molecule has 1 aliphatic heterocycles. The van der Waals surface area contributed by atoms with Gasteiger partial charge in [-0.1, -0.05) is 11.8 Å². The van der Waals surface area contributed by atoms with E-state index in [4.69, 9.17) is 9.47 Å². The molecule has 21 heavy (non-hydrogen) atoms. The maximum Gasteiger partial charge on any atom is 0.275 e. The molecule has 0 radical (unpaired) electrons. The van der Waals surface area contributed by atoms with Gasteiger partial charge in [0.2, 0.25) is 5.91 Å². The number of thioether (sulfide) groups is 1. The van der Waals surface area contributed by atoms with Crippen molar-refractivity contribution >= 4 is 28.7 Å². The van der Waals surface area contributed by atoms with Gasteiger partial charge in [0.15, 0.2) is 5.17 Å². The number of ether oxygens (including phenoxy) is 2. The Morgan fingerprint density at radius 2 is 2.14 bits per heavy atom. The smallest absolute Gasteiger partial charge is 0.275 e. The van der Waals surface area contributed by atoms with Crippen LogP contribution in [0, 0.1) is 0 Å². The highest BCUT2D eigenvalue weighted by Crippen LogP contribution is 2.24. The van der Waals surface area contributed by atoms with Gasteiger partial charge in [-0.3, -0.25) is 14.5 Å². The molecule has 1 N–H and O–H groups in total. The van der Waals surface area contributed by atoms with Crippen molar-refractivity contribution in [3.63, 3.8) is 0 Å². The number of nitrogens with zero attached hydrogens (tertiary/aromatic N) is 2. The van der Waals surface area contributed by atoms with Gasteiger partial charge in [-0.05, 0) is 12.1 Å². The highest BCUT2D eigenvalue weighted by atomic mass is 32.2. The maximum absolute atomic E-state index is 12.1. The number of rotatable bonds is 4. The lowest BCUT2D eigenvalue weighted by atomic mass is 10.2. The van der Waals surface area contributed by atoms with E-state index in [1.54, 1.807) is 25.2 Å². The monoisotopic (exact) mass is 309 g/mol. The van der Waals surface area contributed by atoms with Gasteiger partial charge in [0.05, 0.1) is 25.5 Å². The van der Waals surface area contributed by atoms with Crippen molar-refractivity contribution in [1.82, 2.24) is 10.3 Å². The number of carbonyl (C=O) groups is 2. The summed E-state index contributed by atoms with van der Waals surface area (Å²) in [7, 11) is 4.61. The quantitative estimate of drug-likeness (QED) is 0.836. The first-order chi connectivity index (χ1) is 10.1. The third-order valence-corrected chi connectivity index (χ3v) is 3.91. The van der Waals surface area contributed by atoms with Gasteiger partial charge in [0, 0.05) is 13.1 Å². The summed E-state index contributed by atoms with van der Waals surface area (Å²) < 4.78 is 10.2. The predicted molar refractivity (Wildman–Crippen MR) is 79.7 cm³/mol. The first-order valence-corrected chi connectivity index (χ1v) is 7.04. The van der Waals surface area contributed by atoms with Crippen LogP contribution in [-0.2, 0) is 4.79 Å². The SMILES string of the molecule is COc1ccc(C(=O)N/N=C2\SCC(=O)N2C)c(OC)c1. The molecule has 1 saturated heterocycles. The minimum atomic E-state index is -0.421. The number of amidine groups is 1. The summed E-state index contributed by atoms with van der Waals surface area (Å²) in [5.41, 5.74) is 2.75. The minimum absolute atomic E-state index is 0.0463. The second-order valence-corrected chi connectivity index (χ2v) is 5.09. The van der Waals surface area contributed by atoms with Crippen LogP contribution in [0.5, 0.6) is 11.5 Å². The zero-order valence-corrected chi connectivity index (χ0v) is 12.7. The highest BCUT2D eigenvalue weighted by Gasteiger charge is 2.24. The van der Waals surface area contributed by atoms with E-state index < -0.39 is 5.91 Å². The Bertz CT molecular complexity index is 603. The van der Waals surface area contributed by atoms with E-state index in [1.807, 2.05) is 0 Å². The second kappa shape index (κ2) is 6.49. The summed E-state index contributed by atoms with van der Waals surface area (Å²) in [6.07, 6.45) is 0. The Kier molecular flexibility index (Phi) is 4.69. The van der Waals surface area contributed by atoms with Gasteiger partial charge in [0.25, 0.3) is 5.91 Å². The molecule has 0 bridgehead atoms. The van der Waals surface area contributed by atoms with Crippen molar-refractivity contribution in [3.05, 3.63) is 23.8 Å². The first-order valence-electron chi connectivity index (χ1n) is 6.06. The van der Waals surface area contributed by atoms with Crippen LogP contribution in [0.25, 0.3) is 0 Å². The Hall–Kier alpha value is -2.22. The average molecular weight is 309 g/mol. The summed E-state index contributed by atoms with van der Waals surface area (Å²) in [6, 6.07) is 4.86. The van der Waals surface area contributed by atoms with Crippen LogP contribution in [0.1, 0.15) is 10.4 Å². The van der Waals surface area contributed by atoms with E-state index >= 15 is 0 Å². The van der Waals surface area contributed by atoms with Crippen LogP contribution in [0.3, 0.4) is 0 Å². The fraction of sp³-hybridized carbons (Fsp3) is 0.308. The largest absolute Gasteiger partial charge is 0.497 e. The standard InChI is InChI=1S/C13H15N3O4S/c1-16-11(17)7-21-13(16)15-14-12(18)9-5-4-8(19-2)6-10(9)20-3/h4-6H,7H2,1-3H3,(H,14,18)/b15-13-. The van der Waals surface area contributed by atoms with Crippen molar-refractivity contribution in [2.75, 3.05) is 27.0 Å². The molecule has 7 nitrogen and oxygen atoms in total. The molecule has 1 aromatic rings.